The lowest BCUT2D eigenvalue weighted by atomic mass is 9.99. The monoisotopic (exact) mass is 249 g/mol. The van der Waals surface area contributed by atoms with Gasteiger partial charge in [0, 0.05) is 18.4 Å². The largest absolute Gasteiger partial charge is 0.384 e. The Morgan fingerprint density at radius 1 is 1.28 bits per heavy atom. The molecule has 0 radical (unpaired) electrons. The molecule has 2 N–H and O–H groups in total. The van der Waals surface area contributed by atoms with Crippen molar-refractivity contribution < 1.29 is 0 Å². The Morgan fingerprint density at radius 2 is 1.89 bits per heavy atom. The molecular weight excluding hydrogens is 222 g/mol. The highest BCUT2D eigenvalue weighted by molar-refractivity contribution is 5.42. The predicted molar refractivity (Wildman–Crippen MR) is 76.8 cm³/mol. The maximum atomic E-state index is 6.37. The zero-order chi connectivity index (χ0) is 13.3. The third-order valence-electron chi connectivity index (χ3n) is 3.93. The van der Waals surface area contributed by atoms with E-state index in [0.717, 1.165) is 30.9 Å². The van der Waals surface area contributed by atoms with Crippen LogP contribution in [0.25, 0.3) is 0 Å². The maximum absolute atomic E-state index is 6.37. The summed E-state index contributed by atoms with van der Waals surface area (Å²) in [6.45, 7) is 9.95. The van der Waals surface area contributed by atoms with Crippen molar-refractivity contribution in [3.8, 4) is 0 Å². The van der Waals surface area contributed by atoms with Crippen molar-refractivity contribution in [1.29, 1.82) is 0 Å². The molecule has 18 heavy (non-hydrogen) atoms. The molecule has 102 valence electrons. The van der Waals surface area contributed by atoms with Crippen molar-refractivity contribution in [2.24, 2.45) is 5.92 Å². The fraction of sp³-hybridized carbons (Fsp3) is 0.800. The first-order chi connectivity index (χ1) is 8.58. The summed E-state index contributed by atoms with van der Waals surface area (Å²) in [6.07, 6.45) is 4.83. The molecule has 0 saturated heterocycles. The molecule has 0 bridgehead atoms. The molecule has 3 heteroatoms. The van der Waals surface area contributed by atoms with E-state index in [-0.39, 0.29) is 0 Å². The number of nitrogens with two attached hydrogens (primary N) is 1. The fourth-order valence-electron chi connectivity index (χ4n) is 2.69. The molecule has 0 aliphatic heterocycles. The van der Waals surface area contributed by atoms with Gasteiger partial charge in [0.1, 0.15) is 11.6 Å². The van der Waals surface area contributed by atoms with Gasteiger partial charge in [0.15, 0.2) is 0 Å². The second kappa shape index (κ2) is 5.33. The minimum atomic E-state index is 0.524. The average molecular weight is 249 g/mol. The normalized spacial score (nSPS) is 15.9. The quantitative estimate of drug-likeness (QED) is 0.831. The van der Waals surface area contributed by atoms with E-state index in [1.807, 2.05) is 0 Å². The lowest BCUT2D eigenvalue weighted by molar-refractivity contribution is 0.511. The lowest BCUT2D eigenvalue weighted by Gasteiger charge is -2.13. The van der Waals surface area contributed by atoms with Crippen LogP contribution in [0.1, 0.15) is 76.7 Å². The van der Waals surface area contributed by atoms with Crippen molar-refractivity contribution in [1.82, 2.24) is 9.55 Å². The summed E-state index contributed by atoms with van der Waals surface area (Å²) in [6, 6.07) is 0. The lowest BCUT2D eigenvalue weighted by Crippen LogP contribution is -2.11. The average Bonchev–Trinajstić information content (AvgIpc) is 3.11. The Balaban J connectivity index is 2.36. The van der Waals surface area contributed by atoms with Crippen molar-refractivity contribution in [2.75, 3.05) is 5.73 Å². The van der Waals surface area contributed by atoms with Crippen LogP contribution in [0.15, 0.2) is 0 Å². The van der Waals surface area contributed by atoms with Gasteiger partial charge in [-0.25, -0.2) is 4.98 Å². The molecule has 3 nitrogen and oxygen atoms in total. The predicted octanol–water partition coefficient (Wildman–Crippen LogP) is 3.90. The molecule has 0 unspecified atom stereocenters. The molecule has 0 atom stereocenters. The van der Waals surface area contributed by atoms with Gasteiger partial charge in [-0.2, -0.15) is 0 Å². The smallest absolute Gasteiger partial charge is 0.127 e. The highest BCUT2D eigenvalue weighted by atomic mass is 15.2. The first kappa shape index (κ1) is 13.4. The van der Waals surface area contributed by atoms with Crippen LogP contribution in [0.5, 0.6) is 0 Å². The van der Waals surface area contributed by atoms with E-state index in [0.29, 0.717) is 17.8 Å². The van der Waals surface area contributed by atoms with E-state index < -0.39 is 0 Å². The minimum absolute atomic E-state index is 0.524. The van der Waals surface area contributed by atoms with Crippen LogP contribution in [0, 0.1) is 5.92 Å². The number of aromatic nitrogens is 2. The van der Waals surface area contributed by atoms with Crippen LogP contribution in [0.2, 0.25) is 0 Å². The van der Waals surface area contributed by atoms with Gasteiger partial charge >= 0.3 is 0 Å². The topological polar surface area (TPSA) is 43.8 Å². The molecule has 1 aliphatic carbocycles. The number of rotatable bonds is 6. The summed E-state index contributed by atoms with van der Waals surface area (Å²) in [4.78, 5) is 4.90. The van der Waals surface area contributed by atoms with Crippen molar-refractivity contribution in [2.45, 2.75) is 71.8 Å². The van der Waals surface area contributed by atoms with Gasteiger partial charge in [-0.3, -0.25) is 0 Å². The SMILES string of the molecule is CCC(CC)c1nc(C2CC2)n(CC(C)C)c1N. The molecule has 1 saturated carbocycles. The molecule has 2 rings (SSSR count). The first-order valence-electron chi connectivity index (χ1n) is 7.44. The van der Waals surface area contributed by atoms with E-state index in [4.69, 9.17) is 10.7 Å². The Bertz CT molecular complexity index is 398. The first-order valence-corrected chi connectivity index (χ1v) is 7.44. The van der Waals surface area contributed by atoms with E-state index in [9.17, 15) is 0 Å². The van der Waals surface area contributed by atoms with Crippen LogP contribution < -0.4 is 5.73 Å². The van der Waals surface area contributed by atoms with E-state index in [1.165, 1.54) is 18.7 Å². The van der Waals surface area contributed by atoms with Gasteiger partial charge in [0.25, 0.3) is 0 Å². The Hall–Kier alpha value is -0.990. The number of nitrogens with zero attached hydrogens (tertiary/aromatic N) is 2. The molecule has 1 aliphatic rings. The zero-order valence-electron chi connectivity index (χ0n) is 12.2. The summed E-state index contributed by atoms with van der Waals surface area (Å²) in [5.74, 6) is 4.00. The van der Waals surface area contributed by atoms with Gasteiger partial charge in [-0.1, -0.05) is 27.7 Å². The van der Waals surface area contributed by atoms with Crippen LogP contribution >= 0.6 is 0 Å². The molecule has 1 fully saturated rings. The number of nitrogen functional groups attached to an aromatic ring is 1. The van der Waals surface area contributed by atoms with Gasteiger partial charge in [0.2, 0.25) is 0 Å². The van der Waals surface area contributed by atoms with Gasteiger partial charge in [-0.05, 0) is 31.6 Å². The van der Waals surface area contributed by atoms with Gasteiger partial charge in [-0.15, -0.1) is 0 Å². The number of hydrogen-bond donors (Lipinski definition) is 1. The van der Waals surface area contributed by atoms with E-state index in [1.54, 1.807) is 0 Å². The number of hydrogen-bond acceptors (Lipinski definition) is 2. The number of imidazole rings is 1. The van der Waals surface area contributed by atoms with Gasteiger partial charge < -0.3 is 10.3 Å². The molecule has 0 spiro atoms. The van der Waals surface area contributed by atoms with Crippen molar-refractivity contribution >= 4 is 5.82 Å². The highest BCUT2D eigenvalue weighted by Gasteiger charge is 2.31. The third-order valence-corrected chi connectivity index (χ3v) is 3.93. The van der Waals surface area contributed by atoms with Crippen LogP contribution in [-0.4, -0.2) is 9.55 Å². The van der Waals surface area contributed by atoms with Gasteiger partial charge in [0.05, 0.1) is 5.69 Å². The van der Waals surface area contributed by atoms with E-state index >= 15 is 0 Å². The molecule has 1 heterocycles. The van der Waals surface area contributed by atoms with Crippen LogP contribution in [0.3, 0.4) is 0 Å². The summed E-state index contributed by atoms with van der Waals surface area (Å²) in [7, 11) is 0. The van der Waals surface area contributed by atoms with Crippen molar-refractivity contribution in [3.63, 3.8) is 0 Å². The Kier molecular flexibility index (Phi) is 3.98. The Morgan fingerprint density at radius 3 is 2.33 bits per heavy atom. The van der Waals surface area contributed by atoms with E-state index in [2.05, 4.69) is 32.3 Å². The maximum Gasteiger partial charge on any atom is 0.127 e. The summed E-state index contributed by atoms with van der Waals surface area (Å²) < 4.78 is 2.29. The third kappa shape index (κ3) is 2.55. The zero-order valence-corrected chi connectivity index (χ0v) is 12.2. The minimum Gasteiger partial charge on any atom is -0.384 e. The van der Waals surface area contributed by atoms with Crippen molar-refractivity contribution in [3.05, 3.63) is 11.5 Å². The van der Waals surface area contributed by atoms with Crippen LogP contribution in [-0.2, 0) is 6.54 Å². The number of anilines is 1. The second-order valence-corrected chi connectivity index (χ2v) is 6.03. The molecule has 1 aromatic rings. The molecular formula is C15H27N3. The molecule has 0 aromatic carbocycles. The fourth-order valence-corrected chi connectivity index (χ4v) is 2.69. The summed E-state index contributed by atoms with van der Waals surface area (Å²) in [5, 5.41) is 0. The van der Waals surface area contributed by atoms with Crippen LogP contribution in [0.4, 0.5) is 5.82 Å². The molecule has 1 aromatic heterocycles. The second-order valence-electron chi connectivity index (χ2n) is 6.03. The summed E-state index contributed by atoms with van der Waals surface area (Å²) in [5.41, 5.74) is 7.53. The highest BCUT2D eigenvalue weighted by Crippen LogP contribution is 2.42. The molecule has 0 amide bonds. The standard InChI is InChI=1S/C15H27N3/c1-5-11(6-2)13-14(16)18(9-10(3)4)15(17-13)12-7-8-12/h10-12H,5-9,16H2,1-4H3. The summed E-state index contributed by atoms with van der Waals surface area (Å²) >= 11 is 0. The Labute approximate surface area is 111 Å².